The molecule has 3 heterocycles. The molecule has 3 aromatic rings. The Hall–Kier alpha value is -3.69. The van der Waals surface area contributed by atoms with Gasteiger partial charge in [0.05, 0.1) is 36.8 Å². The van der Waals surface area contributed by atoms with E-state index in [0.29, 0.717) is 37.4 Å². The number of aliphatic hydroxyl groups excluding tert-OH is 1. The summed E-state index contributed by atoms with van der Waals surface area (Å²) in [5, 5.41) is 20.3. The second-order valence-electron chi connectivity index (χ2n) is 9.28. The maximum atomic E-state index is 14.0. The molecule has 2 amide bonds. The van der Waals surface area contributed by atoms with Crippen LogP contribution in [0.3, 0.4) is 0 Å². The van der Waals surface area contributed by atoms with Crippen molar-refractivity contribution in [1.29, 1.82) is 0 Å². The van der Waals surface area contributed by atoms with Crippen molar-refractivity contribution >= 4 is 12.0 Å². The maximum Gasteiger partial charge on any atom is 0.407 e. The van der Waals surface area contributed by atoms with E-state index >= 15 is 0 Å². The lowest BCUT2D eigenvalue weighted by Crippen LogP contribution is -2.57. The highest BCUT2D eigenvalue weighted by atomic mass is 16.5. The largest absolute Gasteiger partial charge is 0.465 e. The van der Waals surface area contributed by atoms with Crippen LogP contribution in [0.4, 0.5) is 4.79 Å². The van der Waals surface area contributed by atoms with E-state index in [2.05, 4.69) is 4.98 Å². The number of amides is 2. The third kappa shape index (κ3) is 4.84. The molecular weight excluding hydrogens is 460 g/mol. The molecule has 9 heteroatoms. The maximum absolute atomic E-state index is 14.0. The summed E-state index contributed by atoms with van der Waals surface area (Å²) in [5.74, 6) is -0.246. The second kappa shape index (κ2) is 10.5. The van der Waals surface area contributed by atoms with E-state index in [1.165, 1.54) is 4.90 Å². The minimum absolute atomic E-state index is 0.229. The molecule has 0 aliphatic carbocycles. The molecule has 0 saturated carbocycles. The molecule has 2 aromatic carbocycles. The first-order valence-corrected chi connectivity index (χ1v) is 12.2. The summed E-state index contributed by atoms with van der Waals surface area (Å²) >= 11 is 0. The lowest BCUT2D eigenvalue weighted by atomic mass is 10.0. The SMILES string of the molecule is O=C(O)N1CCN(C(=O)c2ncn([C@H]3COCC[C@H]3O)c2-c2ccccc2)[C@H](Cc2ccccc2)C1. The smallest absolute Gasteiger partial charge is 0.407 e. The van der Waals surface area contributed by atoms with Crippen LogP contribution in [0, 0.1) is 0 Å². The monoisotopic (exact) mass is 490 g/mol. The summed E-state index contributed by atoms with van der Waals surface area (Å²) in [7, 11) is 0. The Kier molecular flexibility index (Phi) is 7.02. The van der Waals surface area contributed by atoms with Crippen molar-refractivity contribution in [2.24, 2.45) is 0 Å². The molecule has 2 fully saturated rings. The van der Waals surface area contributed by atoms with Gasteiger partial charge < -0.3 is 29.3 Å². The molecule has 0 spiro atoms. The summed E-state index contributed by atoms with van der Waals surface area (Å²) in [6.45, 7) is 1.57. The Morgan fingerprint density at radius 1 is 1.03 bits per heavy atom. The van der Waals surface area contributed by atoms with Gasteiger partial charge in [-0.25, -0.2) is 9.78 Å². The quantitative estimate of drug-likeness (QED) is 0.569. The zero-order chi connectivity index (χ0) is 25.1. The molecule has 0 bridgehead atoms. The van der Waals surface area contributed by atoms with E-state index in [1.54, 1.807) is 11.2 Å². The van der Waals surface area contributed by atoms with Gasteiger partial charge >= 0.3 is 6.09 Å². The van der Waals surface area contributed by atoms with Gasteiger partial charge in [-0.1, -0.05) is 60.7 Å². The molecule has 2 aliphatic rings. The second-order valence-corrected chi connectivity index (χ2v) is 9.28. The number of benzene rings is 2. The average molecular weight is 491 g/mol. The third-order valence-electron chi connectivity index (χ3n) is 7.02. The number of hydrogen-bond acceptors (Lipinski definition) is 5. The predicted molar refractivity (Wildman–Crippen MR) is 133 cm³/mol. The van der Waals surface area contributed by atoms with E-state index in [0.717, 1.165) is 11.1 Å². The van der Waals surface area contributed by atoms with E-state index < -0.39 is 12.2 Å². The van der Waals surface area contributed by atoms with Gasteiger partial charge in [0, 0.05) is 31.8 Å². The Balaban J connectivity index is 1.51. The molecule has 9 nitrogen and oxygen atoms in total. The highest BCUT2D eigenvalue weighted by molar-refractivity contribution is 5.98. The number of aliphatic hydroxyl groups is 1. The fourth-order valence-electron chi connectivity index (χ4n) is 5.12. The van der Waals surface area contributed by atoms with Crippen molar-refractivity contribution in [3.05, 3.63) is 78.2 Å². The number of nitrogens with zero attached hydrogens (tertiary/aromatic N) is 4. The first-order valence-electron chi connectivity index (χ1n) is 12.2. The standard InChI is InChI=1S/C27H30N4O5/c32-23-11-14-36-17-22(23)31-18-28-24(25(31)20-9-5-2-6-10-20)26(33)30-13-12-29(27(34)35)16-21(30)15-19-7-3-1-4-8-19/h1-10,18,21-23,32H,11-17H2,(H,34,35)/t21-,22+,23-/m1/s1. The van der Waals surface area contributed by atoms with Crippen LogP contribution in [0.5, 0.6) is 0 Å². The van der Waals surface area contributed by atoms with Gasteiger partial charge in [0.1, 0.15) is 0 Å². The van der Waals surface area contributed by atoms with Crippen LogP contribution in [0.1, 0.15) is 28.5 Å². The summed E-state index contributed by atoms with van der Waals surface area (Å²) in [6, 6.07) is 18.6. The van der Waals surface area contributed by atoms with Gasteiger partial charge in [-0.15, -0.1) is 0 Å². The van der Waals surface area contributed by atoms with Crippen LogP contribution >= 0.6 is 0 Å². The molecule has 2 aliphatic heterocycles. The zero-order valence-corrected chi connectivity index (χ0v) is 19.9. The number of piperazine rings is 1. The summed E-state index contributed by atoms with van der Waals surface area (Å²) < 4.78 is 7.49. The van der Waals surface area contributed by atoms with Gasteiger partial charge in [0.2, 0.25) is 0 Å². The van der Waals surface area contributed by atoms with Crippen molar-refractivity contribution in [3.8, 4) is 11.3 Å². The van der Waals surface area contributed by atoms with Gasteiger partial charge in [-0.05, 0) is 18.4 Å². The van der Waals surface area contributed by atoms with Crippen LogP contribution in [-0.4, -0.2) is 86.6 Å². The zero-order valence-electron chi connectivity index (χ0n) is 19.9. The first-order chi connectivity index (χ1) is 17.5. The number of imidazole rings is 1. The predicted octanol–water partition coefficient (Wildman–Crippen LogP) is 2.92. The number of carbonyl (C=O) groups is 2. The Bertz CT molecular complexity index is 1200. The van der Waals surface area contributed by atoms with Crippen LogP contribution in [0.2, 0.25) is 0 Å². The number of hydrogen-bond donors (Lipinski definition) is 2. The van der Waals surface area contributed by atoms with E-state index in [4.69, 9.17) is 4.74 Å². The van der Waals surface area contributed by atoms with Crippen molar-refractivity contribution in [3.63, 3.8) is 0 Å². The number of aromatic nitrogens is 2. The molecule has 2 saturated heterocycles. The fraction of sp³-hybridized carbons (Fsp3) is 0.370. The molecule has 3 atom stereocenters. The van der Waals surface area contributed by atoms with Gasteiger partial charge in [0.15, 0.2) is 5.69 Å². The topological polar surface area (TPSA) is 108 Å². The molecule has 36 heavy (non-hydrogen) atoms. The third-order valence-corrected chi connectivity index (χ3v) is 7.02. The molecule has 0 radical (unpaired) electrons. The summed E-state index contributed by atoms with van der Waals surface area (Å²) in [4.78, 5) is 33.4. The van der Waals surface area contributed by atoms with Gasteiger partial charge in [-0.2, -0.15) is 0 Å². The molecule has 188 valence electrons. The Morgan fingerprint density at radius 2 is 1.75 bits per heavy atom. The molecular formula is C27H30N4O5. The summed E-state index contributed by atoms with van der Waals surface area (Å²) in [5.41, 5.74) is 2.78. The lowest BCUT2D eigenvalue weighted by molar-refractivity contribution is -0.0286. The lowest BCUT2D eigenvalue weighted by Gasteiger charge is -2.40. The van der Waals surface area contributed by atoms with Gasteiger partial charge in [0.25, 0.3) is 5.91 Å². The van der Waals surface area contributed by atoms with Crippen LogP contribution in [-0.2, 0) is 11.2 Å². The number of ether oxygens (including phenoxy) is 1. The van der Waals surface area contributed by atoms with Crippen molar-refractivity contribution < 1.29 is 24.5 Å². The van der Waals surface area contributed by atoms with Gasteiger partial charge in [-0.3, -0.25) is 4.79 Å². The van der Waals surface area contributed by atoms with Crippen molar-refractivity contribution in [2.75, 3.05) is 32.8 Å². The van der Waals surface area contributed by atoms with Crippen LogP contribution in [0.25, 0.3) is 11.3 Å². The average Bonchev–Trinajstić information content (AvgIpc) is 3.34. The first kappa shape index (κ1) is 24.0. The Labute approximate surface area is 209 Å². The molecule has 2 N–H and O–H groups in total. The summed E-state index contributed by atoms with van der Waals surface area (Å²) in [6.07, 6.45) is 1.06. The van der Waals surface area contributed by atoms with Crippen LogP contribution < -0.4 is 0 Å². The van der Waals surface area contributed by atoms with Crippen molar-refractivity contribution in [2.45, 2.75) is 31.0 Å². The minimum atomic E-state index is -0.985. The highest BCUT2D eigenvalue weighted by Gasteiger charge is 2.37. The fourth-order valence-corrected chi connectivity index (χ4v) is 5.12. The van der Waals surface area contributed by atoms with E-state index in [1.807, 2.05) is 65.2 Å². The van der Waals surface area contributed by atoms with E-state index in [-0.39, 0.29) is 37.6 Å². The number of rotatable bonds is 5. The molecule has 5 rings (SSSR count). The Morgan fingerprint density at radius 3 is 2.44 bits per heavy atom. The molecule has 0 unspecified atom stereocenters. The van der Waals surface area contributed by atoms with E-state index in [9.17, 15) is 19.8 Å². The minimum Gasteiger partial charge on any atom is -0.465 e. The molecule has 1 aromatic heterocycles. The van der Waals surface area contributed by atoms with Crippen molar-refractivity contribution in [1.82, 2.24) is 19.4 Å². The highest BCUT2D eigenvalue weighted by Crippen LogP contribution is 2.32. The van der Waals surface area contributed by atoms with Crippen LogP contribution in [0.15, 0.2) is 67.0 Å². The number of carbonyl (C=O) groups excluding carboxylic acids is 1. The normalized spacial score (nSPS) is 22.4. The number of carboxylic acid groups (broad SMARTS) is 1.